The molecular formula is C12H21ClN2OSi. The highest BCUT2D eigenvalue weighted by Crippen LogP contribution is 2.36. The van der Waals surface area contributed by atoms with Crippen LogP contribution in [0, 0.1) is 0 Å². The number of nitrogens with zero attached hydrogens (tertiary/aromatic N) is 2. The van der Waals surface area contributed by atoms with Crippen LogP contribution in [0.25, 0.3) is 0 Å². The Balaban J connectivity index is 2.48. The summed E-state index contributed by atoms with van der Waals surface area (Å²) in [6.07, 6.45) is 4.04. The summed E-state index contributed by atoms with van der Waals surface area (Å²) in [6.45, 7) is 11.9. The fourth-order valence-electron chi connectivity index (χ4n) is 1.13. The summed E-state index contributed by atoms with van der Waals surface area (Å²) in [5.74, 6) is 0. The van der Waals surface area contributed by atoms with Crippen molar-refractivity contribution in [3.05, 3.63) is 23.2 Å². The lowest BCUT2D eigenvalue weighted by Gasteiger charge is -2.36. The van der Waals surface area contributed by atoms with Crippen LogP contribution in [0.5, 0.6) is 0 Å². The molecule has 0 spiro atoms. The van der Waals surface area contributed by atoms with Gasteiger partial charge in [-0.25, -0.2) is 4.98 Å². The zero-order valence-electron chi connectivity index (χ0n) is 11.2. The summed E-state index contributed by atoms with van der Waals surface area (Å²) in [5, 5.41) is 0.683. The van der Waals surface area contributed by atoms with Crippen LogP contribution in [0.1, 0.15) is 26.5 Å². The second-order valence-electron chi connectivity index (χ2n) is 5.69. The van der Waals surface area contributed by atoms with E-state index in [1.54, 1.807) is 12.4 Å². The summed E-state index contributed by atoms with van der Waals surface area (Å²) >= 11 is 5.78. The topological polar surface area (TPSA) is 35.0 Å². The molecule has 0 radical (unpaired) electrons. The first kappa shape index (κ1) is 14.6. The molecule has 0 saturated carbocycles. The Bertz CT molecular complexity index is 377. The maximum Gasteiger partial charge on any atom is 0.191 e. The molecule has 5 heteroatoms. The summed E-state index contributed by atoms with van der Waals surface area (Å²) in [4.78, 5) is 8.20. The fourth-order valence-corrected chi connectivity index (χ4v) is 2.34. The van der Waals surface area contributed by atoms with Gasteiger partial charge in [-0.3, -0.25) is 4.98 Å². The lowest BCUT2D eigenvalue weighted by Crippen LogP contribution is -2.41. The van der Waals surface area contributed by atoms with Gasteiger partial charge in [0.15, 0.2) is 8.32 Å². The average molecular weight is 273 g/mol. The number of halogens is 1. The van der Waals surface area contributed by atoms with Crippen LogP contribution in [0.3, 0.4) is 0 Å². The summed E-state index contributed by atoms with van der Waals surface area (Å²) in [7, 11) is -1.65. The maximum absolute atomic E-state index is 6.07. The molecule has 1 aromatic heterocycles. The van der Waals surface area contributed by atoms with Crippen LogP contribution in [0.4, 0.5) is 0 Å². The molecule has 0 aliphatic rings. The van der Waals surface area contributed by atoms with Gasteiger partial charge < -0.3 is 4.43 Å². The van der Waals surface area contributed by atoms with Gasteiger partial charge in [-0.2, -0.15) is 0 Å². The van der Waals surface area contributed by atoms with E-state index in [0.717, 1.165) is 12.1 Å². The molecule has 0 unspecified atom stereocenters. The standard InChI is InChI=1S/C12H21ClN2OSi/c1-12(2,3)17(4,5)16-7-6-10-8-14-9-11(13)15-10/h8-9H,6-7H2,1-5H3. The van der Waals surface area contributed by atoms with Crippen molar-refractivity contribution in [2.75, 3.05) is 6.61 Å². The van der Waals surface area contributed by atoms with Crippen molar-refractivity contribution in [1.82, 2.24) is 9.97 Å². The largest absolute Gasteiger partial charge is 0.416 e. The molecule has 17 heavy (non-hydrogen) atoms. The molecule has 1 heterocycles. The van der Waals surface area contributed by atoms with Crippen LogP contribution in [-0.4, -0.2) is 24.9 Å². The van der Waals surface area contributed by atoms with Crippen molar-refractivity contribution in [2.45, 2.75) is 45.3 Å². The third kappa shape index (κ3) is 4.37. The van der Waals surface area contributed by atoms with Crippen LogP contribution in [0.2, 0.25) is 23.3 Å². The highest BCUT2D eigenvalue weighted by Gasteiger charge is 2.36. The molecule has 0 saturated heterocycles. The Morgan fingerprint density at radius 3 is 2.47 bits per heavy atom. The summed E-state index contributed by atoms with van der Waals surface area (Å²) in [5.41, 5.74) is 0.885. The van der Waals surface area contributed by atoms with Gasteiger partial charge >= 0.3 is 0 Å². The van der Waals surface area contributed by atoms with E-state index in [2.05, 4.69) is 43.8 Å². The SMILES string of the molecule is CC(C)(C)[Si](C)(C)OCCc1cncc(Cl)n1. The van der Waals surface area contributed by atoms with Gasteiger partial charge in [0.2, 0.25) is 0 Å². The van der Waals surface area contributed by atoms with E-state index in [9.17, 15) is 0 Å². The molecule has 0 aromatic carbocycles. The molecule has 0 aliphatic carbocycles. The van der Waals surface area contributed by atoms with Crippen molar-refractivity contribution in [3.63, 3.8) is 0 Å². The van der Waals surface area contributed by atoms with Gasteiger partial charge in [-0.15, -0.1) is 0 Å². The van der Waals surface area contributed by atoms with Crippen LogP contribution >= 0.6 is 11.6 Å². The van der Waals surface area contributed by atoms with Gasteiger partial charge in [0.05, 0.1) is 11.9 Å². The minimum absolute atomic E-state index is 0.243. The van der Waals surface area contributed by atoms with E-state index in [-0.39, 0.29) is 5.04 Å². The first-order valence-electron chi connectivity index (χ1n) is 5.83. The Hall–Kier alpha value is -0.453. The third-order valence-corrected chi connectivity index (χ3v) is 8.00. The highest BCUT2D eigenvalue weighted by molar-refractivity contribution is 6.74. The van der Waals surface area contributed by atoms with E-state index in [4.69, 9.17) is 16.0 Å². The van der Waals surface area contributed by atoms with Crippen molar-refractivity contribution >= 4 is 19.9 Å². The molecular weight excluding hydrogens is 252 g/mol. The first-order chi connectivity index (χ1) is 7.72. The Morgan fingerprint density at radius 2 is 1.94 bits per heavy atom. The smallest absolute Gasteiger partial charge is 0.191 e. The van der Waals surface area contributed by atoms with Crippen molar-refractivity contribution < 1.29 is 4.43 Å². The number of aromatic nitrogens is 2. The fraction of sp³-hybridized carbons (Fsp3) is 0.667. The predicted molar refractivity (Wildman–Crippen MR) is 73.9 cm³/mol. The Labute approximate surface area is 110 Å². The zero-order chi connectivity index (χ0) is 13.1. The Morgan fingerprint density at radius 1 is 1.29 bits per heavy atom. The predicted octanol–water partition coefficient (Wildman–Crippen LogP) is 3.69. The van der Waals surface area contributed by atoms with Crippen LogP contribution in [0.15, 0.2) is 12.4 Å². The molecule has 3 nitrogen and oxygen atoms in total. The van der Waals surface area contributed by atoms with Crippen molar-refractivity contribution in [2.24, 2.45) is 0 Å². The lowest BCUT2D eigenvalue weighted by atomic mass is 10.2. The van der Waals surface area contributed by atoms with E-state index >= 15 is 0 Å². The van der Waals surface area contributed by atoms with E-state index in [1.807, 2.05) is 0 Å². The van der Waals surface area contributed by atoms with Gasteiger partial charge in [-0.1, -0.05) is 32.4 Å². The number of rotatable bonds is 4. The third-order valence-electron chi connectivity index (χ3n) is 3.28. The molecule has 1 rings (SSSR count). The first-order valence-corrected chi connectivity index (χ1v) is 9.11. The number of hydrogen-bond acceptors (Lipinski definition) is 3. The van der Waals surface area contributed by atoms with Gasteiger partial charge in [-0.05, 0) is 18.1 Å². The molecule has 0 fully saturated rings. The number of hydrogen-bond donors (Lipinski definition) is 0. The molecule has 0 aliphatic heterocycles. The van der Waals surface area contributed by atoms with Gasteiger partial charge in [0, 0.05) is 19.2 Å². The minimum atomic E-state index is -1.65. The second kappa shape index (κ2) is 5.46. The normalized spacial score (nSPS) is 12.8. The lowest BCUT2D eigenvalue weighted by molar-refractivity contribution is 0.290. The van der Waals surface area contributed by atoms with Crippen LogP contribution in [-0.2, 0) is 10.8 Å². The van der Waals surface area contributed by atoms with Gasteiger partial charge in [0.25, 0.3) is 0 Å². The van der Waals surface area contributed by atoms with Crippen LogP contribution < -0.4 is 0 Å². The van der Waals surface area contributed by atoms with E-state index < -0.39 is 8.32 Å². The molecule has 1 aromatic rings. The molecule has 0 bridgehead atoms. The molecule has 0 atom stereocenters. The molecule has 0 amide bonds. The monoisotopic (exact) mass is 272 g/mol. The van der Waals surface area contributed by atoms with E-state index in [0.29, 0.717) is 11.8 Å². The summed E-state index contributed by atoms with van der Waals surface area (Å²) < 4.78 is 6.07. The minimum Gasteiger partial charge on any atom is -0.416 e. The Kier molecular flexibility index (Phi) is 4.69. The molecule has 96 valence electrons. The highest BCUT2D eigenvalue weighted by atomic mass is 35.5. The summed E-state index contributed by atoms with van der Waals surface area (Å²) in [6, 6.07) is 0. The quantitative estimate of drug-likeness (QED) is 0.784. The van der Waals surface area contributed by atoms with E-state index in [1.165, 1.54) is 0 Å². The second-order valence-corrected chi connectivity index (χ2v) is 10.9. The van der Waals surface area contributed by atoms with Gasteiger partial charge in [0.1, 0.15) is 5.15 Å². The maximum atomic E-state index is 6.07. The van der Waals surface area contributed by atoms with Crippen molar-refractivity contribution in [1.29, 1.82) is 0 Å². The molecule has 0 N–H and O–H groups in total. The zero-order valence-corrected chi connectivity index (χ0v) is 13.0. The van der Waals surface area contributed by atoms with Crippen molar-refractivity contribution in [3.8, 4) is 0 Å². The average Bonchev–Trinajstić information content (AvgIpc) is 2.15.